The summed E-state index contributed by atoms with van der Waals surface area (Å²) in [5.41, 5.74) is 2.18. The van der Waals surface area contributed by atoms with E-state index in [2.05, 4.69) is 15.7 Å². The van der Waals surface area contributed by atoms with Crippen molar-refractivity contribution in [2.45, 2.75) is 32.2 Å². The first-order chi connectivity index (χ1) is 11.2. The second kappa shape index (κ2) is 8.95. The number of urea groups is 1. The normalized spacial score (nSPS) is 11.9. The van der Waals surface area contributed by atoms with Crippen molar-refractivity contribution in [3.05, 3.63) is 48.3 Å². The number of hydrogen-bond donors (Lipinski definition) is 3. The fourth-order valence-corrected chi connectivity index (χ4v) is 2.30. The lowest BCUT2D eigenvalue weighted by Crippen LogP contribution is -2.41. The van der Waals surface area contributed by atoms with E-state index in [0.717, 1.165) is 24.1 Å². The van der Waals surface area contributed by atoms with Crippen LogP contribution in [-0.4, -0.2) is 40.1 Å². The highest BCUT2D eigenvalue weighted by atomic mass is 16.3. The van der Waals surface area contributed by atoms with Gasteiger partial charge in [0, 0.05) is 31.6 Å². The van der Waals surface area contributed by atoms with Crippen LogP contribution >= 0.6 is 0 Å². The summed E-state index contributed by atoms with van der Waals surface area (Å²) in [4.78, 5) is 11.7. The third kappa shape index (κ3) is 5.75. The van der Waals surface area contributed by atoms with Gasteiger partial charge in [-0.15, -0.1) is 0 Å². The molecule has 6 heteroatoms. The number of carbonyl (C=O) groups is 1. The molecule has 0 aliphatic heterocycles. The predicted molar refractivity (Wildman–Crippen MR) is 89.6 cm³/mol. The first kappa shape index (κ1) is 17.0. The molecule has 0 fully saturated rings. The molecule has 2 rings (SSSR count). The molecule has 3 N–H and O–H groups in total. The van der Waals surface area contributed by atoms with Gasteiger partial charge < -0.3 is 15.7 Å². The second-order valence-corrected chi connectivity index (χ2v) is 5.53. The van der Waals surface area contributed by atoms with Crippen LogP contribution in [0.1, 0.15) is 25.3 Å². The van der Waals surface area contributed by atoms with Crippen LogP contribution < -0.4 is 10.6 Å². The second-order valence-electron chi connectivity index (χ2n) is 5.53. The molecule has 0 saturated heterocycles. The Balaban J connectivity index is 1.70. The molecule has 6 nitrogen and oxygen atoms in total. The van der Waals surface area contributed by atoms with Crippen LogP contribution in [0.4, 0.5) is 4.79 Å². The van der Waals surface area contributed by atoms with Crippen LogP contribution in [0.3, 0.4) is 0 Å². The first-order valence-electron chi connectivity index (χ1n) is 7.93. The molecular weight excluding hydrogens is 292 g/mol. The summed E-state index contributed by atoms with van der Waals surface area (Å²) in [5.74, 6) is 0. The van der Waals surface area contributed by atoms with Crippen LogP contribution in [0.15, 0.2) is 42.7 Å². The zero-order valence-corrected chi connectivity index (χ0v) is 13.4. The molecule has 1 heterocycles. The van der Waals surface area contributed by atoms with Crippen molar-refractivity contribution >= 4 is 6.03 Å². The topological polar surface area (TPSA) is 79.2 Å². The zero-order valence-electron chi connectivity index (χ0n) is 13.4. The van der Waals surface area contributed by atoms with Crippen LogP contribution in [0.25, 0.3) is 5.69 Å². The minimum atomic E-state index is -0.163. The molecule has 23 heavy (non-hydrogen) atoms. The molecule has 1 aromatic carbocycles. The highest BCUT2D eigenvalue weighted by molar-refractivity contribution is 5.74. The van der Waals surface area contributed by atoms with E-state index in [-0.39, 0.29) is 18.7 Å². The van der Waals surface area contributed by atoms with E-state index in [9.17, 15) is 4.79 Å². The number of aliphatic hydroxyl groups excluding tert-OH is 1. The zero-order chi connectivity index (χ0) is 16.5. The molecule has 2 amide bonds. The van der Waals surface area contributed by atoms with E-state index in [1.165, 1.54) is 0 Å². The number of benzene rings is 1. The van der Waals surface area contributed by atoms with E-state index in [0.29, 0.717) is 13.0 Å². The Morgan fingerprint density at radius 2 is 2.13 bits per heavy atom. The molecule has 0 aliphatic carbocycles. The fraction of sp³-hybridized carbons (Fsp3) is 0.412. The third-order valence-electron chi connectivity index (χ3n) is 3.58. The van der Waals surface area contributed by atoms with Crippen LogP contribution in [-0.2, 0) is 6.42 Å². The van der Waals surface area contributed by atoms with Gasteiger partial charge in [0.2, 0.25) is 0 Å². The molecular formula is C17H24N4O2. The van der Waals surface area contributed by atoms with Gasteiger partial charge in [-0.3, -0.25) is 0 Å². The quantitative estimate of drug-likeness (QED) is 0.695. The molecule has 2 aromatic rings. The van der Waals surface area contributed by atoms with E-state index >= 15 is 0 Å². The number of aliphatic hydroxyl groups is 1. The van der Waals surface area contributed by atoms with E-state index in [4.69, 9.17) is 5.11 Å². The Kier molecular flexibility index (Phi) is 6.62. The summed E-state index contributed by atoms with van der Waals surface area (Å²) in [6.45, 7) is 2.67. The Labute approximate surface area is 136 Å². The Bertz CT molecular complexity index is 581. The highest BCUT2D eigenvalue weighted by Crippen LogP contribution is 2.08. The molecule has 0 aliphatic rings. The summed E-state index contributed by atoms with van der Waals surface area (Å²) < 4.78 is 1.81. The Morgan fingerprint density at radius 3 is 2.78 bits per heavy atom. The van der Waals surface area contributed by atoms with Crippen molar-refractivity contribution < 1.29 is 9.90 Å². The minimum absolute atomic E-state index is 0.0653. The number of hydrogen-bond acceptors (Lipinski definition) is 3. The molecule has 1 aromatic heterocycles. The van der Waals surface area contributed by atoms with Crippen LogP contribution in [0.5, 0.6) is 0 Å². The molecule has 0 radical (unpaired) electrons. The lowest BCUT2D eigenvalue weighted by molar-refractivity contribution is 0.234. The summed E-state index contributed by atoms with van der Waals surface area (Å²) >= 11 is 0. The molecule has 1 atom stereocenters. The maximum absolute atomic E-state index is 11.7. The van der Waals surface area contributed by atoms with Crippen molar-refractivity contribution in [1.29, 1.82) is 0 Å². The van der Waals surface area contributed by atoms with Crippen molar-refractivity contribution in [3.8, 4) is 5.69 Å². The van der Waals surface area contributed by atoms with Gasteiger partial charge in [0.25, 0.3) is 0 Å². The summed E-state index contributed by atoms with van der Waals surface area (Å²) in [6, 6.07) is 9.90. The average molecular weight is 316 g/mol. The first-order valence-corrected chi connectivity index (χ1v) is 7.93. The summed E-state index contributed by atoms with van der Waals surface area (Å²) in [7, 11) is 0. The summed E-state index contributed by atoms with van der Waals surface area (Å²) in [6.07, 6.45) is 5.90. The number of carbonyl (C=O) groups excluding carboxylic acids is 1. The standard InChI is InChI=1S/C17H24N4O2/c1-14(4-2-13-22)20-17(23)18-11-9-15-5-7-16(8-6-15)21-12-3-10-19-21/h3,5-8,10,12,14,22H,2,4,9,11,13H2,1H3,(H2,18,20,23). The van der Waals surface area contributed by atoms with E-state index in [1.54, 1.807) is 6.20 Å². The lowest BCUT2D eigenvalue weighted by atomic mass is 10.1. The Hall–Kier alpha value is -2.34. The predicted octanol–water partition coefficient (Wildman–Crippen LogP) is 1.87. The average Bonchev–Trinajstić information content (AvgIpc) is 3.08. The van der Waals surface area contributed by atoms with Gasteiger partial charge in [0.05, 0.1) is 5.69 Å². The molecule has 1 unspecified atom stereocenters. The molecule has 0 bridgehead atoms. The minimum Gasteiger partial charge on any atom is -0.396 e. The largest absolute Gasteiger partial charge is 0.396 e. The van der Waals surface area contributed by atoms with Gasteiger partial charge in [0.15, 0.2) is 0 Å². The lowest BCUT2D eigenvalue weighted by Gasteiger charge is -2.14. The molecule has 0 saturated carbocycles. The third-order valence-corrected chi connectivity index (χ3v) is 3.58. The SMILES string of the molecule is CC(CCCO)NC(=O)NCCc1ccc(-n2cccn2)cc1. The van der Waals surface area contributed by atoms with Gasteiger partial charge in [-0.2, -0.15) is 5.10 Å². The maximum atomic E-state index is 11.7. The van der Waals surface area contributed by atoms with E-state index in [1.807, 2.05) is 48.1 Å². The van der Waals surface area contributed by atoms with Crippen molar-refractivity contribution in [3.63, 3.8) is 0 Å². The molecule has 124 valence electrons. The van der Waals surface area contributed by atoms with Gasteiger partial charge in [-0.05, 0) is 49.9 Å². The highest BCUT2D eigenvalue weighted by Gasteiger charge is 2.06. The number of rotatable bonds is 8. The smallest absolute Gasteiger partial charge is 0.315 e. The fourth-order valence-electron chi connectivity index (χ4n) is 2.30. The van der Waals surface area contributed by atoms with Gasteiger partial charge in [-0.1, -0.05) is 12.1 Å². The number of aromatic nitrogens is 2. The number of nitrogens with one attached hydrogen (secondary N) is 2. The van der Waals surface area contributed by atoms with Gasteiger partial charge in [0.1, 0.15) is 0 Å². The Morgan fingerprint density at radius 1 is 1.35 bits per heavy atom. The van der Waals surface area contributed by atoms with Crippen molar-refractivity contribution in [1.82, 2.24) is 20.4 Å². The van der Waals surface area contributed by atoms with Crippen molar-refractivity contribution in [2.24, 2.45) is 0 Å². The maximum Gasteiger partial charge on any atom is 0.315 e. The number of nitrogens with zero attached hydrogens (tertiary/aromatic N) is 2. The molecule has 0 spiro atoms. The van der Waals surface area contributed by atoms with Crippen molar-refractivity contribution in [2.75, 3.05) is 13.2 Å². The summed E-state index contributed by atoms with van der Waals surface area (Å²) in [5, 5.41) is 18.7. The van der Waals surface area contributed by atoms with Crippen LogP contribution in [0, 0.1) is 0 Å². The van der Waals surface area contributed by atoms with Gasteiger partial charge >= 0.3 is 6.03 Å². The van der Waals surface area contributed by atoms with E-state index < -0.39 is 0 Å². The monoisotopic (exact) mass is 316 g/mol. The number of amides is 2. The van der Waals surface area contributed by atoms with Crippen LogP contribution in [0.2, 0.25) is 0 Å². The van der Waals surface area contributed by atoms with Gasteiger partial charge in [-0.25, -0.2) is 9.48 Å².